The third-order valence-corrected chi connectivity index (χ3v) is 5.57. The van der Waals surface area contributed by atoms with E-state index in [2.05, 4.69) is 78.9 Å². The summed E-state index contributed by atoms with van der Waals surface area (Å²) in [6.07, 6.45) is 0. The van der Waals surface area contributed by atoms with Crippen molar-refractivity contribution in [1.82, 2.24) is 0 Å². The summed E-state index contributed by atoms with van der Waals surface area (Å²) in [7, 11) is 0. The summed E-state index contributed by atoms with van der Waals surface area (Å²) >= 11 is 0.614. The summed E-state index contributed by atoms with van der Waals surface area (Å²) in [5.41, 5.74) is 5.34. The van der Waals surface area contributed by atoms with Gasteiger partial charge in [-0.05, 0) is 0 Å². The molecule has 0 unspecified atom stereocenters. The Morgan fingerprint density at radius 2 is 1.11 bits per heavy atom. The Morgan fingerprint density at radius 1 is 0.526 bits per heavy atom. The van der Waals surface area contributed by atoms with Crippen molar-refractivity contribution in [3.8, 4) is 22.3 Å². The molecule has 0 bridgehead atoms. The second-order valence-electron chi connectivity index (χ2n) is 4.60. The fraction of sp³-hybridized carbons (Fsp3) is 0. The molecule has 19 heavy (non-hydrogen) atoms. The van der Waals surface area contributed by atoms with Crippen LogP contribution in [0.25, 0.3) is 22.3 Å². The first-order valence-corrected chi connectivity index (χ1v) is 9.16. The predicted molar refractivity (Wildman–Crippen MR) is 76.9 cm³/mol. The molecule has 0 N–H and O–H groups in total. The van der Waals surface area contributed by atoms with Crippen molar-refractivity contribution >= 4 is 3.07 Å². The Bertz CT molecular complexity index is 673. The van der Waals surface area contributed by atoms with E-state index in [1.54, 1.807) is 0 Å². The Hall–Kier alpha value is -1.40. The zero-order valence-corrected chi connectivity index (χ0v) is 16.2. The number of benzene rings is 3. The van der Waals surface area contributed by atoms with E-state index in [-0.39, 0.29) is 0 Å². The van der Waals surface area contributed by atoms with Gasteiger partial charge in [0.15, 0.2) is 0 Å². The fourth-order valence-electron chi connectivity index (χ4n) is 2.30. The summed E-state index contributed by atoms with van der Waals surface area (Å²) in [6.45, 7) is 0. The molecule has 0 fully saturated rings. The van der Waals surface area contributed by atoms with Gasteiger partial charge in [0.2, 0.25) is 0 Å². The first-order valence-electron chi connectivity index (χ1n) is 6.41. The number of hydrogen-bond acceptors (Lipinski definition) is 0. The van der Waals surface area contributed by atoms with Crippen LogP contribution in [0.5, 0.6) is 0 Å². The third kappa shape index (κ3) is 2.79. The minimum absolute atomic E-state index is 0.614. The van der Waals surface area contributed by atoms with Crippen LogP contribution in [0.4, 0.5) is 0 Å². The van der Waals surface area contributed by atoms with Gasteiger partial charge in [-0.25, -0.2) is 0 Å². The molecular weight excluding hydrogens is 417 g/mol. The van der Waals surface area contributed by atoms with Crippen molar-refractivity contribution < 1.29 is 26.1 Å². The van der Waals surface area contributed by atoms with Crippen molar-refractivity contribution in [3.63, 3.8) is 0 Å². The molecule has 0 aliphatic carbocycles. The number of hydrogen-bond donors (Lipinski definition) is 0. The van der Waals surface area contributed by atoms with Crippen LogP contribution >= 0.6 is 0 Å². The predicted octanol–water partition coefficient (Wildman–Crippen LogP) is 4.19. The van der Waals surface area contributed by atoms with E-state index in [4.69, 9.17) is 0 Å². The molecule has 3 rings (SSSR count). The van der Waals surface area contributed by atoms with Crippen LogP contribution in [0.3, 0.4) is 0 Å². The average molecular weight is 430 g/mol. The molecule has 0 nitrogen and oxygen atoms in total. The van der Waals surface area contributed by atoms with E-state index < -0.39 is 0 Å². The van der Waals surface area contributed by atoms with Gasteiger partial charge in [0.05, 0.1) is 0 Å². The third-order valence-electron chi connectivity index (χ3n) is 3.30. The van der Waals surface area contributed by atoms with E-state index in [0.29, 0.717) is 26.1 Å². The van der Waals surface area contributed by atoms with Gasteiger partial charge in [0.1, 0.15) is 0 Å². The van der Waals surface area contributed by atoms with Crippen molar-refractivity contribution in [3.05, 3.63) is 78.9 Å². The maximum atomic E-state index is 2.35. The van der Waals surface area contributed by atoms with Crippen LogP contribution in [0.15, 0.2) is 78.9 Å². The number of rotatable bonds is 2. The molecule has 1 heteroatoms. The topological polar surface area (TPSA) is 0 Å². The minimum atomic E-state index is 0.614. The SMILES string of the molecule is [Hg][c]1cc(-c2ccccc2)ccc1-c1ccccc1. The van der Waals surface area contributed by atoms with Gasteiger partial charge in [0, 0.05) is 0 Å². The zero-order chi connectivity index (χ0) is 13.1. The quantitative estimate of drug-likeness (QED) is 0.536. The Balaban J connectivity index is 2.04. The first-order chi connectivity index (χ1) is 9.34. The summed E-state index contributed by atoms with van der Waals surface area (Å²) in [6, 6.07) is 28.1. The van der Waals surface area contributed by atoms with Crippen LogP contribution in [0, 0.1) is 0 Å². The van der Waals surface area contributed by atoms with E-state index >= 15 is 0 Å². The summed E-state index contributed by atoms with van der Waals surface area (Å²) in [5, 5.41) is 0. The van der Waals surface area contributed by atoms with Crippen LogP contribution in [0.2, 0.25) is 0 Å². The van der Waals surface area contributed by atoms with Crippen LogP contribution in [-0.4, -0.2) is 0 Å². The van der Waals surface area contributed by atoms with Crippen LogP contribution in [-0.2, 0) is 26.1 Å². The molecule has 0 atom stereocenters. The molecule has 87 valence electrons. The molecule has 0 saturated carbocycles. The van der Waals surface area contributed by atoms with Gasteiger partial charge >= 0.3 is 130 Å². The molecule has 0 spiro atoms. The molecule has 0 aliphatic rings. The van der Waals surface area contributed by atoms with Gasteiger partial charge in [-0.1, -0.05) is 0 Å². The van der Waals surface area contributed by atoms with E-state index in [1.165, 1.54) is 25.3 Å². The van der Waals surface area contributed by atoms with Crippen LogP contribution in [0.1, 0.15) is 0 Å². The maximum absolute atomic E-state index is 2.35. The van der Waals surface area contributed by atoms with Crippen molar-refractivity contribution in [2.24, 2.45) is 0 Å². The van der Waals surface area contributed by atoms with Gasteiger partial charge in [-0.2, -0.15) is 0 Å². The second kappa shape index (κ2) is 5.71. The fourth-order valence-corrected chi connectivity index (χ4v) is 4.41. The van der Waals surface area contributed by atoms with Gasteiger partial charge < -0.3 is 0 Å². The average Bonchev–Trinajstić information content (AvgIpc) is 2.49. The monoisotopic (exact) mass is 431 g/mol. The van der Waals surface area contributed by atoms with E-state index in [9.17, 15) is 0 Å². The van der Waals surface area contributed by atoms with E-state index in [0.717, 1.165) is 0 Å². The molecule has 3 aromatic rings. The molecule has 0 radical (unpaired) electrons. The zero-order valence-electron chi connectivity index (χ0n) is 10.7. The molecule has 0 aliphatic heterocycles. The Kier molecular flexibility index (Phi) is 3.79. The van der Waals surface area contributed by atoms with Crippen molar-refractivity contribution in [1.29, 1.82) is 0 Å². The molecule has 0 heterocycles. The summed E-state index contributed by atoms with van der Waals surface area (Å²) in [5.74, 6) is 0. The van der Waals surface area contributed by atoms with Crippen molar-refractivity contribution in [2.45, 2.75) is 0 Å². The van der Waals surface area contributed by atoms with Gasteiger partial charge in [0.25, 0.3) is 0 Å². The summed E-state index contributed by atoms with van der Waals surface area (Å²) < 4.78 is 1.51. The standard InChI is InChI=1S/C18H13.Hg/c1-3-7-15(8-4-1)17-11-13-18(14-12-17)16-9-5-2-6-10-16;/h1-13H;. The Morgan fingerprint density at radius 3 is 1.68 bits per heavy atom. The van der Waals surface area contributed by atoms with Crippen LogP contribution < -0.4 is 3.07 Å². The molecular formula is C18H13Hg. The molecule has 0 aromatic heterocycles. The van der Waals surface area contributed by atoms with Gasteiger partial charge in [-0.15, -0.1) is 0 Å². The first kappa shape index (κ1) is 12.6. The normalized spacial score (nSPS) is 10.4. The second-order valence-corrected chi connectivity index (χ2v) is 7.57. The molecule has 0 amide bonds. The Labute approximate surface area is 130 Å². The molecule has 0 saturated heterocycles. The van der Waals surface area contributed by atoms with E-state index in [1.807, 2.05) is 0 Å². The summed E-state index contributed by atoms with van der Waals surface area (Å²) in [4.78, 5) is 0. The van der Waals surface area contributed by atoms with Crippen molar-refractivity contribution in [2.75, 3.05) is 0 Å². The van der Waals surface area contributed by atoms with Gasteiger partial charge in [-0.3, -0.25) is 0 Å². The molecule has 3 aromatic carbocycles.